The summed E-state index contributed by atoms with van der Waals surface area (Å²) < 4.78 is 17.3. The molecule has 1 N–H and O–H groups in total. The van der Waals surface area contributed by atoms with Crippen LogP contribution < -0.4 is 0 Å². The highest BCUT2D eigenvalue weighted by Gasteiger charge is 2.31. The lowest BCUT2D eigenvalue weighted by Gasteiger charge is -2.31. The molecule has 0 aromatic heterocycles. The largest absolute Gasteiger partial charge is 0.477 e. The van der Waals surface area contributed by atoms with Crippen LogP contribution in [0.1, 0.15) is 206 Å². The molecule has 362 valence electrons. The Kier molecular flexibility index (Phi) is 43.0. The molecule has 2 atom stereocenters. The molecule has 8 heteroatoms. The van der Waals surface area contributed by atoms with Crippen LogP contribution in [0.15, 0.2) is 72.9 Å². The van der Waals surface area contributed by atoms with E-state index in [1.165, 1.54) is 103 Å². The van der Waals surface area contributed by atoms with Crippen molar-refractivity contribution in [3.63, 3.8) is 0 Å². The van der Waals surface area contributed by atoms with Crippen molar-refractivity contribution < 1.29 is 38.2 Å². The number of allylic oxidation sites excluding steroid dienone is 12. The van der Waals surface area contributed by atoms with Gasteiger partial charge in [0.1, 0.15) is 6.61 Å². The summed E-state index contributed by atoms with van der Waals surface area (Å²) in [5.41, 5.74) is 0. The van der Waals surface area contributed by atoms with Crippen molar-refractivity contribution in [2.45, 2.75) is 219 Å². The smallest absolute Gasteiger partial charge is 0.362 e. The van der Waals surface area contributed by atoms with Crippen molar-refractivity contribution in [1.29, 1.82) is 0 Å². The van der Waals surface area contributed by atoms with E-state index in [9.17, 15) is 19.5 Å². The molecule has 0 aliphatic rings. The van der Waals surface area contributed by atoms with Crippen LogP contribution in [-0.2, 0) is 28.6 Å². The quantitative estimate of drug-likeness (QED) is 0.0214. The molecular formula is C55H96NO7+. The fourth-order valence-electron chi connectivity index (χ4n) is 7.19. The zero-order valence-electron chi connectivity index (χ0n) is 41.3. The standard InChI is InChI=1S/C55H95NO7/c1-6-8-10-12-14-16-18-20-22-24-26-28-29-31-33-35-37-39-41-43-45-53(57)62-50-51(49-61-48-47-52(55(59)60)56(3,4)5)63-54(58)46-44-42-40-38-36-34-32-30-27-25-23-21-19-17-15-13-11-9-7-2/h8,10,14-17,19-22,26,28,51-52H,6-7,9,11-13,18,23-25,27,29-50H2,1-5H3/p+1/b10-8+,16-14+,17-15+,21-19+,22-20+,28-26+. The third kappa shape index (κ3) is 43.8. The van der Waals surface area contributed by atoms with Gasteiger partial charge >= 0.3 is 17.9 Å². The van der Waals surface area contributed by atoms with Gasteiger partial charge in [-0.1, -0.05) is 183 Å². The number of carbonyl (C=O) groups excluding carboxylic acids is 2. The van der Waals surface area contributed by atoms with Crippen LogP contribution in [0.25, 0.3) is 0 Å². The molecule has 0 spiro atoms. The SMILES string of the molecule is CC/C=C/C/C=C/C/C=C/C/C=C/CCCCCCCCCC(=O)OCC(COCCC(C(=O)O)[N+](C)(C)C)OC(=O)CCCCCCCCCCCC/C=C/C=C/CCCCC. The van der Waals surface area contributed by atoms with Gasteiger partial charge in [0, 0.05) is 19.3 Å². The Labute approximate surface area is 387 Å². The van der Waals surface area contributed by atoms with Gasteiger partial charge in [-0.25, -0.2) is 4.79 Å². The summed E-state index contributed by atoms with van der Waals surface area (Å²) in [4.78, 5) is 37.2. The summed E-state index contributed by atoms with van der Waals surface area (Å²) in [6.07, 6.45) is 58.0. The van der Waals surface area contributed by atoms with Gasteiger partial charge in [0.15, 0.2) is 12.1 Å². The average molecular weight is 883 g/mol. The van der Waals surface area contributed by atoms with E-state index in [-0.39, 0.29) is 36.2 Å². The number of carbonyl (C=O) groups is 3. The predicted octanol–water partition coefficient (Wildman–Crippen LogP) is 14.7. The van der Waals surface area contributed by atoms with Crippen molar-refractivity contribution >= 4 is 17.9 Å². The number of rotatable bonds is 45. The number of carboxylic acids is 1. The topological polar surface area (TPSA) is 99.1 Å². The van der Waals surface area contributed by atoms with Crippen molar-refractivity contribution in [1.82, 2.24) is 0 Å². The Morgan fingerprint density at radius 1 is 0.508 bits per heavy atom. The van der Waals surface area contributed by atoms with Crippen LogP contribution in [0.5, 0.6) is 0 Å². The molecule has 63 heavy (non-hydrogen) atoms. The van der Waals surface area contributed by atoms with E-state index in [1.54, 1.807) is 0 Å². The summed E-state index contributed by atoms with van der Waals surface area (Å²) >= 11 is 0. The third-order valence-electron chi connectivity index (χ3n) is 11.1. The van der Waals surface area contributed by atoms with E-state index in [0.717, 1.165) is 70.6 Å². The fourth-order valence-corrected chi connectivity index (χ4v) is 7.19. The van der Waals surface area contributed by atoms with E-state index < -0.39 is 18.1 Å². The number of unbranched alkanes of at least 4 members (excludes halogenated alkanes) is 20. The van der Waals surface area contributed by atoms with Gasteiger partial charge in [-0.15, -0.1) is 0 Å². The lowest BCUT2D eigenvalue weighted by molar-refractivity contribution is -0.887. The van der Waals surface area contributed by atoms with E-state index in [4.69, 9.17) is 14.2 Å². The molecule has 0 heterocycles. The Bertz CT molecular complexity index is 1260. The van der Waals surface area contributed by atoms with Crippen LogP contribution in [0.4, 0.5) is 0 Å². The summed E-state index contributed by atoms with van der Waals surface area (Å²) in [7, 11) is 5.53. The van der Waals surface area contributed by atoms with Gasteiger partial charge in [0.2, 0.25) is 0 Å². The van der Waals surface area contributed by atoms with Gasteiger partial charge in [-0.2, -0.15) is 0 Å². The zero-order valence-corrected chi connectivity index (χ0v) is 41.3. The van der Waals surface area contributed by atoms with E-state index in [0.29, 0.717) is 19.3 Å². The monoisotopic (exact) mass is 883 g/mol. The minimum atomic E-state index is -0.878. The second kappa shape index (κ2) is 45.3. The third-order valence-corrected chi connectivity index (χ3v) is 11.1. The summed E-state index contributed by atoms with van der Waals surface area (Å²) in [5.74, 6) is -1.49. The summed E-state index contributed by atoms with van der Waals surface area (Å²) in [6, 6.07) is -0.620. The normalized spacial score (nSPS) is 13.5. The average Bonchev–Trinajstić information content (AvgIpc) is 3.24. The molecule has 0 rings (SSSR count). The molecule has 0 saturated heterocycles. The second-order valence-corrected chi connectivity index (χ2v) is 18.1. The van der Waals surface area contributed by atoms with Crippen LogP contribution in [-0.4, -0.2) is 80.6 Å². The molecule has 8 nitrogen and oxygen atoms in total. The number of nitrogens with zero attached hydrogens (tertiary/aromatic N) is 1. The minimum absolute atomic E-state index is 0.0536. The first-order valence-corrected chi connectivity index (χ1v) is 25.5. The van der Waals surface area contributed by atoms with Gasteiger partial charge in [-0.3, -0.25) is 9.59 Å². The van der Waals surface area contributed by atoms with Crippen molar-refractivity contribution in [2.75, 3.05) is 41.0 Å². The number of carboxylic acid groups (broad SMARTS) is 1. The minimum Gasteiger partial charge on any atom is -0.477 e. The maximum absolute atomic E-state index is 12.8. The van der Waals surface area contributed by atoms with Gasteiger partial charge in [0.25, 0.3) is 0 Å². The lowest BCUT2D eigenvalue weighted by Crippen LogP contribution is -2.50. The lowest BCUT2D eigenvalue weighted by atomic mass is 10.1. The number of hydrogen-bond acceptors (Lipinski definition) is 6. The highest BCUT2D eigenvalue weighted by molar-refractivity contribution is 5.72. The summed E-state index contributed by atoms with van der Waals surface area (Å²) in [6.45, 7) is 4.59. The number of likely N-dealkylation sites (N-methyl/N-ethyl adjacent to an activating group) is 1. The van der Waals surface area contributed by atoms with E-state index in [1.807, 2.05) is 21.1 Å². The summed E-state index contributed by atoms with van der Waals surface area (Å²) in [5, 5.41) is 9.65. The van der Waals surface area contributed by atoms with Gasteiger partial charge in [-0.05, 0) is 77.0 Å². The number of hydrogen-bond donors (Lipinski definition) is 1. The maximum atomic E-state index is 12.8. The number of ether oxygens (including phenoxy) is 3. The second-order valence-electron chi connectivity index (χ2n) is 18.1. The number of quaternary nitrogens is 1. The van der Waals surface area contributed by atoms with E-state index >= 15 is 0 Å². The number of aliphatic carboxylic acids is 1. The molecule has 0 amide bonds. The first-order valence-electron chi connectivity index (χ1n) is 25.5. The maximum Gasteiger partial charge on any atom is 0.362 e. The molecule has 0 aromatic rings. The van der Waals surface area contributed by atoms with Gasteiger partial charge < -0.3 is 23.8 Å². The van der Waals surface area contributed by atoms with Crippen LogP contribution >= 0.6 is 0 Å². The Balaban J connectivity index is 4.28. The van der Waals surface area contributed by atoms with Crippen LogP contribution in [0, 0.1) is 0 Å². The van der Waals surface area contributed by atoms with Crippen molar-refractivity contribution in [3.8, 4) is 0 Å². The van der Waals surface area contributed by atoms with Crippen LogP contribution in [0.2, 0.25) is 0 Å². The highest BCUT2D eigenvalue weighted by Crippen LogP contribution is 2.15. The molecule has 0 aliphatic heterocycles. The Morgan fingerprint density at radius 3 is 1.41 bits per heavy atom. The Morgan fingerprint density at radius 2 is 0.937 bits per heavy atom. The zero-order chi connectivity index (χ0) is 46.3. The first kappa shape index (κ1) is 59.8. The molecule has 0 fully saturated rings. The van der Waals surface area contributed by atoms with Crippen molar-refractivity contribution in [3.05, 3.63) is 72.9 Å². The Hall–Kier alpha value is -3.23. The molecule has 0 aliphatic carbocycles. The van der Waals surface area contributed by atoms with Crippen LogP contribution in [0.3, 0.4) is 0 Å². The molecule has 0 saturated carbocycles. The predicted molar refractivity (Wildman–Crippen MR) is 266 cm³/mol. The molecule has 0 radical (unpaired) electrons. The van der Waals surface area contributed by atoms with Crippen molar-refractivity contribution in [2.24, 2.45) is 0 Å². The molecule has 2 unspecified atom stereocenters. The molecule has 0 bridgehead atoms. The fraction of sp³-hybridized carbons (Fsp3) is 0.727. The first-order chi connectivity index (χ1) is 30.6. The van der Waals surface area contributed by atoms with E-state index in [2.05, 4.69) is 86.8 Å². The molecule has 0 aromatic carbocycles. The number of esters is 2. The highest BCUT2D eigenvalue weighted by atomic mass is 16.6. The molecular weight excluding hydrogens is 787 g/mol. The van der Waals surface area contributed by atoms with Gasteiger partial charge in [0.05, 0.1) is 34.4 Å².